The first-order valence-electron chi connectivity index (χ1n) is 8.81. The lowest BCUT2D eigenvalue weighted by Crippen LogP contribution is -2.33. The van der Waals surface area contributed by atoms with E-state index >= 15 is 0 Å². The van der Waals surface area contributed by atoms with Crippen LogP contribution in [0.1, 0.15) is 32.6 Å². The number of carbonyl (C=O) groups excluding carboxylic acids is 1. The molecule has 138 valence electrons. The van der Waals surface area contributed by atoms with Crippen molar-refractivity contribution in [3.63, 3.8) is 0 Å². The number of aliphatic imine (C=N–C) groups is 1. The average Bonchev–Trinajstić information content (AvgIpc) is 3.02. The van der Waals surface area contributed by atoms with Crippen molar-refractivity contribution in [2.75, 3.05) is 46.4 Å². The standard InChI is InChI=1S/C13H24N4O.C5H11N/c1-3-5-6-8-15-12-17(10-4-2)11-7-9-16-13(14)18;1-6-4-2-3-5-6/h3,5-6,8H,1,4,7,9-12H2,2H3,(H3,14,16,18);2-5H2,1H3/b6-5-,15-8-;. The van der Waals surface area contributed by atoms with E-state index in [-0.39, 0.29) is 0 Å². The van der Waals surface area contributed by atoms with Gasteiger partial charge in [0.1, 0.15) is 0 Å². The monoisotopic (exact) mass is 337 g/mol. The van der Waals surface area contributed by atoms with Gasteiger partial charge in [0.15, 0.2) is 0 Å². The summed E-state index contributed by atoms with van der Waals surface area (Å²) in [4.78, 5) is 19.4. The minimum atomic E-state index is -0.468. The summed E-state index contributed by atoms with van der Waals surface area (Å²) in [7, 11) is 2.17. The van der Waals surface area contributed by atoms with Crippen molar-refractivity contribution in [1.29, 1.82) is 0 Å². The molecule has 0 bridgehead atoms. The number of nitrogens with one attached hydrogen (secondary N) is 1. The first kappa shape index (κ1) is 22.3. The minimum absolute atomic E-state index is 0.468. The Morgan fingerprint density at radius 1 is 1.33 bits per heavy atom. The van der Waals surface area contributed by atoms with Crippen LogP contribution in [0.15, 0.2) is 29.8 Å². The van der Waals surface area contributed by atoms with Crippen LogP contribution in [0, 0.1) is 0 Å². The van der Waals surface area contributed by atoms with Crippen LogP contribution >= 0.6 is 0 Å². The molecular weight excluding hydrogens is 302 g/mol. The molecule has 0 atom stereocenters. The number of nitrogens with zero attached hydrogens (tertiary/aromatic N) is 3. The molecule has 0 saturated carbocycles. The Balaban J connectivity index is 0.000000728. The first-order valence-corrected chi connectivity index (χ1v) is 8.81. The molecule has 24 heavy (non-hydrogen) atoms. The van der Waals surface area contributed by atoms with Gasteiger partial charge in [-0.1, -0.05) is 25.7 Å². The van der Waals surface area contributed by atoms with E-state index in [0.29, 0.717) is 13.2 Å². The van der Waals surface area contributed by atoms with Crippen molar-refractivity contribution in [1.82, 2.24) is 15.1 Å². The van der Waals surface area contributed by atoms with Gasteiger partial charge >= 0.3 is 6.03 Å². The Morgan fingerprint density at radius 3 is 2.54 bits per heavy atom. The second-order valence-corrected chi connectivity index (χ2v) is 5.87. The lowest BCUT2D eigenvalue weighted by atomic mass is 10.3. The van der Waals surface area contributed by atoms with E-state index in [1.54, 1.807) is 12.3 Å². The third-order valence-corrected chi connectivity index (χ3v) is 3.54. The summed E-state index contributed by atoms with van der Waals surface area (Å²) in [5.41, 5.74) is 4.99. The zero-order valence-electron chi connectivity index (χ0n) is 15.4. The summed E-state index contributed by atoms with van der Waals surface area (Å²) in [6.45, 7) is 11.5. The number of allylic oxidation sites excluding steroid dienone is 3. The molecule has 0 radical (unpaired) electrons. The van der Waals surface area contributed by atoms with Crippen molar-refractivity contribution < 1.29 is 4.79 Å². The topological polar surface area (TPSA) is 74.0 Å². The highest BCUT2D eigenvalue weighted by Crippen LogP contribution is 2.02. The van der Waals surface area contributed by atoms with Gasteiger partial charge in [-0.15, -0.1) is 0 Å². The van der Waals surface area contributed by atoms with Crippen molar-refractivity contribution in [2.45, 2.75) is 32.6 Å². The molecule has 1 saturated heterocycles. The summed E-state index contributed by atoms with van der Waals surface area (Å²) in [6, 6.07) is -0.468. The maximum Gasteiger partial charge on any atom is 0.312 e. The lowest BCUT2D eigenvalue weighted by molar-refractivity contribution is 0.246. The van der Waals surface area contributed by atoms with Crippen molar-refractivity contribution >= 4 is 12.2 Å². The second-order valence-electron chi connectivity index (χ2n) is 5.87. The molecule has 1 rings (SSSR count). The summed E-state index contributed by atoms with van der Waals surface area (Å²) in [5, 5.41) is 2.58. The van der Waals surface area contributed by atoms with Crippen molar-refractivity contribution in [2.24, 2.45) is 10.7 Å². The van der Waals surface area contributed by atoms with Crippen LogP contribution in [0.5, 0.6) is 0 Å². The van der Waals surface area contributed by atoms with Crippen molar-refractivity contribution in [3.05, 3.63) is 24.8 Å². The van der Waals surface area contributed by atoms with Crippen LogP contribution < -0.4 is 11.1 Å². The maximum atomic E-state index is 10.5. The van der Waals surface area contributed by atoms with Gasteiger partial charge in [0.2, 0.25) is 0 Å². The molecule has 1 heterocycles. The summed E-state index contributed by atoms with van der Waals surface area (Å²) in [6.07, 6.45) is 12.0. The molecule has 2 amide bonds. The summed E-state index contributed by atoms with van der Waals surface area (Å²) >= 11 is 0. The van der Waals surface area contributed by atoms with Crippen LogP contribution in [-0.4, -0.2) is 68.5 Å². The Morgan fingerprint density at radius 2 is 2.04 bits per heavy atom. The maximum absolute atomic E-state index is 10.5. The third kappa shape index (κ3) is 15.2. The van der Waals surface area contributed by atoms with Crippen LogP contribution in [0.25, 0.3) is 0 Å². The molecule has 3 N–H and O–H groups in total. The normalized spacial score (nSPS) is 15.0. The number of hydrogen-bond donors (Lipinski definition) is 2. The Hall–Kier alpha value is -1.66. The van der Waals surface area contributed by atoms with Gasteiger partial charge in [-0.25, -0.2) is 4.79 Å². The van der Waals surface area contributed by atoms with Crippen LogP contribution in [0.4, 0.5) is 4.79 Å². The number of likely N-dealkylation sites (tertiary alicyclic amines) is 1. The van der Waals surface area contributed by atoms with Crippen molar-refractivity contribution in [3.8, 4) is 0 Å². The van der Waals surface area contributed by atoms with Gasteiger partial charge in [0.25, 0.3) is 0 Å². The summed E-state index contributed by atoms with van der Waals surface area (Å²) < 4.78 is 0. The van der Waals surface area contributed by atoms with E-state index in [0.717, 1.165) is 25.9 Å². The number of primary amides is 1. The van der Waals surface area contributed by atoms with Gasteiger partial charge in [0.05, 0.1) is 6.67 Å². The fourth-order valence-electron chi connectivity index (χ4n) is 2.31. The molecule has 1 aliphatic rings. The van der Waals surface area contributed by atoms with Gasteiger partial charge in [-0.3, -0.25) is 9.89 Å². The van der Waals surface area contributed by atoms with E-state index in [1.807, 2.05) is 12.2 Å². The molecular formula is C18H35N5O. The smallest absolute Gasteiger partial charge is 0.312 e. The van der Waals surface area contributed by atoms with Gasteiger partial charge in [-0.2, -0.15) is 0 Å². The molecule has 0 spiro atoms. The highest BCUT2D eigenvalue weighted by molar-refractivity contribution is 5.71. The number of carbonyl (C=O) groups is 1. The van der Waals surface area contributed by atoms with Crippen LogP contribution in [0.3, 0.4) is 0 Å². The lowest BCUT2D eigenvalue weighted by Gasteiger charge is -2.18. The largest absolute Gasteiger partial charge is 0.352 e. The Kier molecular flexibility index (Phi) is 15.1. The van der Waals surface area contributed by atoms with E-state index < -0.39 is 6.03 Å². The van der Waals surface area contributed by atoms with Gasteiger partial charge in [-0.05, 0) is 58.4 Å². The number of hydrogen-bond acceptors (Lipinski definition) is 4. The quantitative estimate of drug-likeness (QED) is 0.365. The van der Waals surface area contributed by atoms with E-state index in [1.165, 1.54) is 25.9 Å². The molecule has 1 aliphatic heterocycles. The first-order chi connectivity index (χ1) is 11.6. The van der Waals surface area contributed by atoms with E-state index in [9.17, 15) is 4.79 Å². The summed E-state index contributed by atoms with van der Waals surface area (Å²) in [5.74, 6) is 0. The minimum Gasteiger partial charge on any atom is -0.352 e. The van der Waals surface area contributed by atoms with Gasteiger partial charge < -0.3 is 16.0 Å². The third-order valence-electron chi connectivity index (χ3n) is 3.54. The molecule has 6 heteroatoms. The zero-order chi connectivity index (χ0) is 18.0. The van der Waals surface area contributed by atoms with E-state index in [2.05, 4.69) is 40.7 Å². The number of amides is 2. The zero-order valence-corrected chi connectivity index (χ0v) is 15.4. The molecule has 1 fully saturated rings. The molecule has 0 aromatic heterocycles. The van der Waals surface area contributed by atoms with Crippen LogP contribution in [-0.2, 0) is 0 Å². The van der Waals surface area contributed by atoms with Gasteiger partial charge in [0, 0.05) is 19.3 Å². The predicted molar refractivity (Wildman–Crippen MR) is 103 cm³/mol. The highest BCUT2D eigenvalue weighted by Gasteiger charge is 2.03. The molecule has 0 unspecified atom stereocenters. The average molecular weight is 338 g/mol. The number of nitrogens with two attached hydrogens (primary N) is 1. The van der Waals surface area contributed by atoms with Crippen LogP contribution in [0.2, 0.25) is 0 Å². The highest BCUT2D eigenvalue weighted by atomic mass is 16.2. The fourth-order valence-corrected chi connectivity index (χ4v) is 2.31. The number of urea groups is 1. The molecule has 0 aromatic rings. The predicted octanol–water partition coefficient (Wildman–Crippen LogP) is 2.24. The van der Waals surface area contributed by atoms with E-state index in [4.69, 9.17) is 5.73 Å². The Labute approximate surface area is 147 Å². The SMILES string of the molecule is C=C/C=C\C=N/CN(CCC)CCCNC(N)=O.CN1CCCC1. The molecule has 0 aromatic carbocycles. The second kappa shape index (κ2) is 16.2. The fraction of sp³-hybridized carbons (Fsp3) is 0.667. The molecule has 6 nitrogen and oxygen atoms in total. The Bertz CT molecular complexity index is 376. The number of rotatable bonds is 10. The molecule has 0 aliphatic carbocycles.